The molecule has 0 aliphatic heterocycles. The highest BCUT2D eigenvalue weighted by Gasteiger charge is 2.19. The molecule has 0 aromatic carbocycles. The van der Waals surface area contributed by atoms with Crippen molar-refractivity contribution >= 4 is 21.5 Å². The summed E-state index contributed by atoms with van der Waals surface area (Å²) in [5, 5.41) is 2.40. The van der Waals surface area contributed by atoms with Gasteiger partial charge in [-0.3, -0.25) is 9.59 Å². The van der Waals surface area contributed by atoms with E-state index in [1.165, 1.54) is 0 Å². The number of hydrogen-bond acceptors (Lipinski definition) is 4. The van der Waals surface area contributed by atoms with Gasteiger partial charge in [-0.05, 0) is 48.5 Å². The summed E-state index contributed by atoms with van der Waals surface area (Å²) < 4.78 is 22.1. The molecule has 0 radical (unpaired) electrons. The lowest BCUT2D eigenvalue weighted by Gasteiger charge is -2.21. The zero-order valence-corrected chi connectivity index (χ0v) is 20.7. The Labute approximate surface area is 169 Å². The Kier molecular flexibility index (Phi) is 15.2. The van der Waals surface area contributed by atoms with Gasteiger partial charge in [0.2, 0.25) is 5.91 Å². The van der Waals surface area contributed by atoms with Crippen LogP contribution in [0.15, 0.2) is 0 Å². The van der Waals surface area contributed by atoms with Gasteiger partial charge < -0.3 is 5.32 Å². The highest BCUT2D eigenvalue weighted by atomic mass is 32.2. The molecule has 1 amide bonds. The van der Waals surface area contributed by atoms with Crippen LogP contribution in [-0.2, 0) is 19.4 Å². The molecule has 0 aromatic heterocycles. The van der Waals surface area contributed by atoms with Gasteiger partial charge >= 0.3 is 0 Å². The first-order valence-electron chi connectivity index (χ1n) is 9.85. The normalized spacial score (nSPS) is 11.9. The largest absolute Gasteiger partial charge is 0.351 e. The second-order valence-electron chi connectivity index (χ2n) is 9.29. The first-order chi connectivity index (χ1) is 11.8. The smallest absolute Gasteiger partial charge is 0.222 e. The Morgan fingerprint density at radius 2 is 0.963 bits per heavy atom. The molecule has 0 spiro atoms. The van der Waals surface area contributed by atoms with Crippen LogP contribution in [0.2, 0.25) is 0 Å². The van der Waals surface area contributed by atoms with E-state index < -0.39 is 9.84 Å². The minimum absolute atomic E-state index is 0.0826. The number of amides is 1. The molecule has 0 aliphatic rings. The van der Waals surface area contributed by atoms with Crippen LogP contribution in [-0.4, -0.2) is 36.1 Å². The number of ketones is 1. The van der Waals surface area contributed by atoms with Crippen LogP contribution in [0.5, 0.6) is 0 Å². The van der Waals surface area contributed by atoms with Crippen molar-refractivity contribution in [1.29, 1.82) is 0 Å². The number of Topliss-reactive ketones (excluding diaryl/α,β-unsaturated/α-hetero) is 1. The lowest BCUT2D eigenvalue weighted by molar-refractivity contribution is -0.125. The number of nitrogens with one attached hydrogen (secondary N) is 1. The molecular weight excluding hydrogens is 362 g/mol. The topological polar surface area (TPSA) is 80.3 Å². The molecule has 6 heteroatoms. The lowest BCUT2D eigenvalue weighted by Crippen LogP contribution is -2.42. The van der Waals surface area contributed by atoms with Crippen molar-refractivity contribution in [2.24, 2.45) is 17.8 Å². The quantitative estimate of drug-likeness (QED) is 0.720. The van der Waals surface area contributed by atoms with Crippen molar-refractivity contribution in [1.82, 2.24) is 5.32 Å². The average Bonchev–Trinajstić information content (AvgIpc) is 2.45. The summed E-state index contributed by atoms with van der Waals surface area (Å²) in [6.45, 7) is 24.3. The van der Waals surface area contributed by atoms with E-state index in [9.17, 15) is 18.0 Å². The fourth-order valence-electron chi connectivity index (χ4n) is 1.72. The molecule has 0 heterocycles. The molecule has 5 nitrogen and oxygen atoms in total. The van der Waals surface area contributed by atoms with Gasteiger partial charge in [0, 0.05) is 23.3 Å². The highest BCUT2D eigenvalue weighted by molar-refractivity contribution is 7.92. The molecule has 1 N–H and O–H groups in total. The van der Waals surface area contributed by atoms with Gasteiger partial charge in [-0.15, -0.1) is 0 Å². The monoisotopic (exact) mass is 407 g/mol. The van der Waals surface area contributed by atoms with E-state index in [0.717, 1.165) is 0 Å². The molecular formula is C21H45NO4S. The van der Waals surface area contributed by atoms with Crippen LogP contribution in [0.3, 0.4) is 0 Å². The molecule has 27 heavy (non-hydrogen) atoms. The molecule has 0 saturated carbocycles. The fourth-order valence-corrected chi connectivity index (χ4v) is 2.81. The number of sulfone groups is 1. The summed E-state index contributed by atoms with van der Waals surface area (Å²) in [4.78, 5) is 21.9. The molecule has 0 aromatic rings. The van der Waals surface area contributed by atoms with Crippen LogP contribution >= 0.6 is 0 Å². The summed E-state index contributed by atoms with van der Waals surface area (Å²) in [6.07, 6.45) is 0. The van der Waals surface area contributed by atoms with Crippen molar-refractivity contribution in [3.05, 3.63) is 0 Å². The predicted octanol–water partition coefficient (Wildman–Crippen LogP) is 4.64. The first-order valence-corrected chi connectivity index (χ1v) is 11.5. The number of rotatable bonds is 5. The highest BCUT2D eigenvalue weighted by Crippen LogP contribution is 2.07. The Bertz CT molecular complexity index is 501. The van der Waals surface area contributed by atoms with Gasteiger partial charge in [-0.2, -0.15) is 0 Å². The summed E-state index contributed by atoms with van der Waals surface area (Å²) in [6, 6.07) is 0. The predicted molar refractivity (Wildman–Crippen MR) is 117 cm³/mol. The molecule has 0 rings (SSSR count). The molecule has 0 unspecified atom stereocenters. The maximum absolute atomic E-state index is 11.0. The lowest BCUT2D eigenvalue weighted by atomic mass is 9.99. The summed E-state index contributed by atoms with van der Waals surface area (Å²) >= 11 is 0. The van der Waals surface area contributed by atoms with Gasteiger partial charge in [-0.1, -0.05) is 41.5 Å². The fraction of sp³-hybridized carbons (Fsp3) is 0.905. The maximum atomic E-state index is 11.0. The second kappa shape index (κ2) is 13.3. The van der Waals surface area contributed by atoms with E-state index in [-0.39, 0.29) is 39.7 Å². The van der Waals surface area contributed by atoms with Gasteiger partial charge in [0.15, 0.2) is 9.84 Å². The van der Waals surface area contributed by atoms with E-state index in [2.05, 4.69) is 5.32 Å². The summed E-state index contributed by atoms with van der Waals surface area (Å²) in [7, 11) is -2.81. The van der Waals surface area contributed by atoms with E-state index >= 15 is 0 Å². The van der Waals surface area contributed by atoms with E-state index in [0.29, 0.717) is 5.78 Å². The average molecular weight is 408 g/mol. The number of carbonyl (C=O) groups excluding carboxylic acids is 2. The first kappa shape index (κ1) is 30.8. The number of hydrogen-bond donors (Lipinski definition) is 1. The van der Waals surface area contributed by atoms with Gasteiger partial charge in [0.05, 0.1) is 10.5 Å². The van der Waals surface area contributed by atoms with Gasteiger partial charge in [0.25, 0.3) is 0 Å². The van der Waals surface area contributed by atoms with Crippen molar-refractivity contribution in [3.63, 3.8) is 0 Å². The minimum atomic E-state index is -2.81. The van der Waals surface area contributed by atoms with Crippen LogP contribution in [0.4, 0.5) is 0 Å². The molecule has 0 aliphatic carbocycles. The maximum Gasteiger partial charge on any atom is 0.222 e. The third-order valence-corrected chi connectivity index (χ3v) is 6.10. The van der Waals surface area contributed by atoms with Crippen molar-refractivity contribution in [3.8, 4) is 0 Å². The Hall–Kier alpha value is -0.910. The van der Waals surface area contributed by atoms with Crippen molar-refractivity contribution in [2.75, 3.05) is 0 Å². The van der Waals surface area contributed by atoms with Crippen molar-refractivity contribution in [2.45, 2.75) is 106 Å². The zero-order chi connectivity index (χ0) is 22.7. The molecule has 0 fully saturated rings. The molecule has 0 atom stereocenters. The summed E-state index contributed by atoms with van der Waals surface area (Å²) in [5.41, 5.74) is -0.0959. The van der Waals surface area contributed by atoms with E-state index in [1.54, 1.807) is 27.7 Å². The second-order valence-corrected chi connectivity index (χ2v) is 12.4. The molecule has 164 valence electrons. The van der Waals surface area contributed by atoms with Crippen LogP contribution in [0.25, 0.3) is 0 Å². The van der Waals surface area contributed by atoms with Crippen molar-refractivity contribution < 1.29 is 18.0 Å². The summed E-state index contributed by atoms with van der Waals surface area (Å²) in [5.74, 6) is 0.960. The zero-order valence-electron chi connectivity index (χ0n) is 19.9. The third-order valence-electron chi connectivity index (χ3n) is 3.47. The molecule has 0 saturated heterocycles. The third kappa shape index (κ3) is 17.0. The van der Waals surface area contributed by atoms with E-state index in [1.807, 2.05) is 62.3 Å². The van der Waals surface area contributed by atoms with Gasteiger partial charge in [0.1, 0.15) is 5.78 Å². The molecule has 0 bridgehead atoms. The number of carbonyl (C=O) groups is 2. The Balaban J connectivity index is -0.000000322. The SMILES string of the molecule is CC(C)C(=O)C(C)C.CC(C)C(=O)NC(C)(C)C.CC(C)S(=O)(=O)C(C)C. The standard InChI is InChI=1S/C8H17NO.C7H14O.C6H14O2S/c1-6(2)7(10)9-8(3,4)5;1-5(2)7(8)6(3)4;1-5(2)9(7,8)6(3)4/h6H,1-5H3,(H,9,10);5-6H,1-4H3;5-6H,1-4H3. The van der Waals surface area contributed by atoms with Crippen LogP contribution in [0.1, 0.15) is 90.0 Å². The minimum Gasteiger partial charge on any atom is -0.351 e. The Morgan fingerprint density at radius 3 is 1.00 bits per heavy atom. The van der Waals surface area contributed by atoms with E-state index in [4.69, 9.17) is 0 Å². The van der Waals surface area contributed by atoms with Crippen LogP contribution < -0.4 is 5.32 Å². The van der Waals surface area contributed by atoms with Gasteiger partial charge in [-0.25, -0.2) is 8.42 Å². The Morgan fingerprint density at radius 1 is 0.667 bits per heavy atom. The van der Waals surface area contributed by atoms with Crippen LogP contribution in [0, 0.1) is 17.8 Å².